The van der Waals surface area contributed by atoms with Crippen molar-refractivity contribution in [3.63, 3.8) is 0 Å². The average molecular weight is 395 g/mol. The highest BCUT2D eigenvalue weighted by molar-refractivity contribution is 9.10. The van der Waals surface area contributed by atoms with Crippen LogP contribution < -0.4 is 4.74 Å². The molecular formula is C16H15BrN2O3S. The quantitative estimate of drug-likeness (QED) is 0.754. The van der Waals surface area contributed by atoms with Gasteiger partial charge >= 0.3 is 0 Å². The van der Waals surface area contributed by atoms with Crippen molar-refractivity contribution in [2.45, 2.75) is 4.90 Å². The lowest BCUT2D eigenvalue weighted by atomic mass is 10.2. The van der Waals surface area contributed by atoms with Crippen LogP contribution in [0.2, 0.25) is 0 Å². The van der Waals surface area contributed by atoms with Crippen molar-refractivity contribution in [1.29, 1.82) is 5.26 Å². The lowest BCUT2D eigenvalue weighted by Gasteiger charge is -2.17. The first-order valence-electron chi connectivity index (χ1n) is 6.78. The second-order valence-electron chi connectivity index (χ2n) is 4.77. The van der Waals surface area contributed by atoms with Crippen molar-refractivity contribution < 1.29 is 13.2 Å². The predicted molar refractivity (Wildman–Crippen MR) is 90.6 cm³/mol. The molecule has 0 N–H and O–H groups in total. The molecule has 0 saturated carbocycles. The highest BCUT2D eigenvalue weighted by Crippen LogP contribution is 2.17. The minimum Gasteiger partial charge on any atom is -0.492 e. The lowest BCUT2D eigenvalue weighted by Crippen LogP contribution is -2.31. The Morgan fingerprint density at radius 3 is 2.30 bits per heavy atom. The topological polar surface area (TPSA) is 70.4 Å². The van der Waals surface area contributed by atoms with Gasteiger partial charge in [0.25, 0.3) is 0 Å². The van der Waals surface area contributed by atoms with Crippen molar-refractivity contribution >= 4 is 26.0 Å². The second kappa shape index (κ2) is 7.59. The second-order valence-corrected chi connectivity index (χ2v) is 7.73. The Kier molecular flexibility index (Phi) is 5.77. The maximum absolute atomic E-state index is 12.4. The first-order chi connectivity index (χ1) is 10.9. The van der Waals surface area contributed by atoms with Gasteiger partial charge in [-0.25, -0.2) is 8.42 Å². The summed E-state index contributed by atoms with van der Waals surface area (Å²) in [5, 5.41) is 8.75. The molecule has 0 amide bonds. The van der Waals surface area contributed by atoms with E-state index in [9.17, 15) is 8.42 Å². The van der Waals surface area contributed by atoms with Gasteiger partial charge in [0.05, 0.1) is 16.5 Å². The summed E-state index contributed by atoms with van der Waals surface area (Å²) in [4.78, 5) is 0.155. The number of nitriles is 1. The maximum Gasteiger partial charge on any atom is 0.242 e. The Labute approximate surface area is 144 Å². The molecule has 0 saturated heterocycles. The van der Waals surface area contributed by atoms with Crippen molar-refractivity contribution in [3.05, 3.63) is 58.6 Å². The fourth-order valence-corrected chi connectivity index (χ4v) is 3.24. The van der Waals surface area contributed by atoms with E-state index in [1.165, 1.54) is 35.6 Å². The van der Waals surface area contributed by atoms with Gasteiger partial charge in [0, 0.05) is 18.1 Å². The highest BCUT2D eigenvalue weighted by Gasteiger charge is 2.20. The zero-order valence-corrected chi connectivity index (χ0v) is 14.8. The zero-order chi connectivity index (χ0) is 16.9. The molecule has 2 aromatic carbocycles. The molecule has 0 bridgehead atoms. The Balaban J connectivity index is 1.96. The van der Waals surface area contributed by atoms with E-state index in [1.54, 1.807) is 12.1 Å². The molecule has 0 fully saturated rings. The van der Waals surface area contributed by atoms with Crippen LogP contribution >= 0.6 is 15.9 Å². The Hall–Kier alpha value is -1.88. The molecule has 0 aromatic heterocycles. The van der Waals surface area contributed by atoms with Crippen LogP contribution in [0.25, 0.3) is 0 Å². The molecule has 0 spiro atoms. The Bertz CT molecular complexity index is 797. The van der Waals surface area contributed by atoms with Crippen molar-refractivity contribution in [2.24, 2.45) is 0 Å². The van der Waals surface area contributed by atoms with E-state index in [0.29, 0.717) is 11.3 Å². The summed E-state index contributed by atoms with van der Waals surface area (Å²) < 4.78 is 32.5. The van der Waals surface area contributed by atoms with E-state index in [0.717, 1.165) is 4.47 Å². The van der Waals surface area contributed by atoms with Crippen LogP contribution in [0.5, 0.6) is 5.75 Å². The molecule has 0 aliphatic rings. The van der Waals surface area contributed by atoms with Crippen LogP contribution in [-0.2, 0) is 10.0 Å². The molecule has 0 radical (unpaired) electrons. The Morgan fingerprint density at radius 1 is 1.13 bits per heavy atom. The SMILES string of the molecule is CN(CCOc1ccc(Br)cc1)S(=O)(=O)c1ccc(C#N)cc1. The number of sulfonamides is 1. The van der Waals surface area contributed by atoms with Crippen LogP contribution in [0, 0.1) is 11.3 Å². The maximum atomic E-state index is 12.4. The normalized spacial score (nSPS) is 11.2. The first-order valence-corrected chi connectivity index (χ1v) is 9.01. The third kappa shape index (κ3) is 4.55. The monoisotopic (exact) mass is 394 g/mol. The molecule has 120 valence electrons. The lowest BCUT2D eigenvalue weighted by molar-refractivity contribution is 0.287. The number of halogens is 1. The van der Waals surface area contributed by atoms with E-state index in [4.69, 9.17) is 10.00 Å². The van der Waals surface area contributed by atoms with Gasteiger partial charge in [-0.05, 0) is 48.5 Å². The molecule has 0 heterocycles. The van der Waals surface area contributed by atoms with E-state index >= 15 is 0 Å². The number of rotatable bonds is 6. The van der Waals surface area contributed by atoms with Gasteiger partial charge in [0.15, 0.2) is 0 Å². The molecule has 0 aliphatic carbocycles. The summed E-state index contributed by atoms with van der Waals surface area (Å²) in [6.07, 6.45) is 0. The zero-order valence-electron chi connectivity index (χ0n) is 12.4. The van der Waals surface area contributed by atoms with Gasteiger partial charge in [0.1, 0.15) is 12.4 Å². The molecule has 0 unspecified atom stereocenters. The van der Waals surface area contributed by atoms with E-state index in [2.05, 4.69) is 15.9 Å². The van der Waals surface area contributed by atoms with Gasteiger partial charge in [0.2, 0.25) is 10.0 Å². The minimum atomic E-state index is -3.59. The summed E-state index contributed by atoms with van der Waals surface area (Å²) in [7, 11) is -2.09. The molecule has 5 nitrogen and oxygen atoms in total. The van der Waals surface area contributed by atoms with Crippen molar-refractivity contribution in [2.75, 3.05) is 20.2 Å². The van der Waals surface area contributed by atoms with Crippen LogP contribution in [0.4, 0.5) is 0 Å². The largest absolute Gasteiger partial charge is 0.492 e. The third-order valence-electron chi connectivity index (χ3n) is 3.18. The van der Waals surface area contributed by atoms with Crippen LogP contribution in [0.15, 0.2) is 57.9 Å². The van der Waals surface area contributed by atoms with Crippen LogP contribution in [-0.4, -0.2) is 32.9 Å². The van der Waals surface area contributed by atoms with Crippen LogP contribution in [0.3, 0.4) is 0 Å². The molecule has 7 heteroatoms. The van der Waals surface area contributed by atoms with E-state index < -0.39 is 10.0 Å². The number of hydrogen-bond acceptors (Lipinski definition) is 4. The van der Waals surface area contributed by atoms with E-state index in [1.807, 2.05) is 18.2 Å². The van der Waals surface area contributed by atoms with Gasteiger partial charge in [-0.3, -0.25) is 0 Å². The third-order valence-corrected chi connectivity index (χ3v) is 5.58. The average Bonchev–Trinajstić information content (AvgIpc) is 2.56. The molecule has 2 rings (SSSR count). The van der Waals surface area contributed by atoms with Gasteiger partial charge < -0.3 is 4.74 Å². The van der Waals surface area contributed by atoms with E-state index in [-0.39, 0.29) is 18.0 Å². The predicted octanol–water partition coefficient (Wildman–Crippen LogP) is 3.02. The fourth-order valence-electron chi connectivity index (χ4n) is 1.82. The molecular weight excluding hydrogens is 380 g/mol. The molecule has 2 aromatic rings. The smallest absolute Gasteiger partial charge is 0.242 e. The molecule has 0 atom stereocenters. The summed E-state index contributed by atoms with van der Waals surface area (Å²) in [6.45, 7) is 0.464. The van der Waals surface area contributed by atoms with Crippen molar-refractivity contribution in [3.8, 4) is 11.8 Å². The van der Waals surface area contributed by atoms with Gasteiger partial charge in [-0.2, -0.15) is 9.57 Å². The summed E-state index contributed by atoms with van der Waals surface area (Å²) in [5.41, 5.74) is 0.421. The minimum absolute atomic E-state index is 0.155. The number of likely N-dealkylation sites (N-methyl/N-ethyl adjacent to an activating group) is 1. The molecule has 0 aliphatic heterocycles. The number of hydrogen-bond donors (Lipinski definition) is 0. The summed E-state index contributed by atoms with van der Waals surface area (Å²) in [6, 6.07) is 15.1. The number of nitrogens with zero attached hydrogens (tertiary/aromatic N) is 2. The van der Waals surface area contributed by atoms with Crippen molar-refractivity contribution in [1.82, 2.24) is 4.31 Å². The van der Waals surface area contributed by atoms with Gasteiger partial charge in [-0.1, -0.05) is 15.9 Å². The molecule has 23 heavy (non-hydrogen) atoms. The summed E-state index contributed by atoms with van der Waals surface area (Å²) >= 11 is 3.34. The fraction of sp³-hybridized carbons (Fsp3) is 0.188. The number of ether oxygens (including phenoxy) is 1. The Morgan fingerprint density at radius 2 is 1.74 bits per heavy atom. The summed E-state index contributed by atoms with van der Waals surface area (Å²) in [5.74, 6) is 0.678. The van der Waals surface area contributed by atoms with Crippen LogP contribution in [0.1, 0.15) is 5.56 Å². The van der Waals surface area contributed by atoms with Gasteiger partial charge in [-0.15, -0.1) is 0 Å². The number of benzene rings is 2. The standard InChI is InChI=1S/C16H15BrN2O3S/c1-19(10-11-22-15-6-4-14(17)5-7-15)23(20,21)16-8-2-13(12-18)3-9-16/h2-9H,10-11H2,1H3. The first kappa shape index (κ1) is 17.5. The highest BCUT2D eigenvalue weighted by atomic mass is 79.9.